The number of aryl methyl sites for hydroxylation is 1. The maximum absolute atomic E-state index is 12.8. The number of furan rings is 1. The van der Waals surface area contributed by atoms with Crippen molar-refractivity contribution in [3.63, 3.8) is 0 Å². The smallest absolute Gasteiger partial charge is 0.253 e. The maximum Gasteiger partial charge on any atom is 0.253 e. The molecule has 1 N–H and O–H groups in total. The summed E-state index contributed by atoms with van der Waals surface area (Å²) in [6.45, 7) is 3.33. The highest BCUT2D eigenvalue weighted by atomic mass is 16.3. The minimum atomic E-state index is 0.0583. The Kier molecular flexibility index (Phi) is 4.09. The van der Waals surface area contributed by atoms with Gasteiger partial charge in [0, 0.05) is 30.1 Å². The molecule has 0 spiro atoms. The fraction of sp³-hybridized carbons (Fsp3) is 0.316. The number of likely N-dealkylation sites (tertiary alicyclic amines) is 1. The van der Waals surface area contributed by atoms with Gasteiger partial charge in [-0.2, -0.15) is 5.10 Å². The van der Waals surface area contributed by atoms with Crippen LogP contribution in [0.15, 0.2) is 47.1 Å². The topological polar surface area (TPSA) is 75.0 Å². The Labute approximate surface area is 145 Å². The summed E-state index contributed by atoms with van der Waals surface area (Å²) >= 11 is 0. The summed E-state index contributed by atoms with van der Waals surface area (Å²) < 4.78 is 5.39. The van der Waals surface area contributed by atoms with Crippen LogP contribution in [0.1, 0.15) is 40.8 Å². The van der Waals surface area contributed by atoms with E-state index in [0.29, 0.717) is 12.1 Å². The lowest BCUT2D eigenvalue weighted by Gasteiger charge is -2.31. The number of carbonyl (C=O) groups is 1. The molecule has 1 saturated heterocycles. The zero-order valence-corrected chi connectivity index (χ0v) is 14.1. The van der Waals surface area contributed by atoms with Crippen molar-refractivity contribution in [3.8, 4) is 11.3 Å². The molecule has 3 heterocycles. The number of hydrogen-bond donors (Lipinski definition) is 1. The van der Waals surface area contributed by atoms with Crippen LogP contribution in [0, 0.1) is 6.92 Å². The molecule has 128 valence electrons. The number of aromatic nitrogens is 3. The predicted octanol–water partition coefficient (Wildman–Crippen LogP) is 3.39. The predicted molar refractivity (Wildman–Crippen MR) is 93.1 cm³/mol. The van der Waals surface area contributed by atoms with Crippen LogP contribution in [0.5, 0.6) is 0 Å². The molecule has 6 nitrogen and oxygen atoms in total. The largest absolute Gasteiger partial charge is 0.464 e. The molecular formula is C19H20N4O2. The molecule has 1 amide bonds. The molecule has 0 radical (unpaired) electrons. The number of nitrogens with one attached hydrogen (secondary N) is 1. The molecule has 0 unspecified atom stereocenters. The van der Waals surface area contributed by atoms with E-state index >= 15 is 0 Å². The summed E-state index contributed by atoms with van der Waals surface area (Å²) in [6, 6.07) is 11.3. The van der Waals surface area contributed by atoms with Crippen LogP contribution in [0.2, 0.25) is 0 Å². The zero-order chi connectivity index (χ0) is 17.2. The van der Waals surface area contributed by atoms with Gasteiger partial charge < -0.3 is 9.32 Å². The van der Waals surface area contributed by atoms with Crippen molar-refractivity contribution >= 4 is 5.91 Å². The number of H-pyrrole nitrogens is 1. The third kappa shape index (κ3) is 3.20. The van der Waals surface area contributed by atoms with Gasteiger partial charge in [0.25, 0.3) is 5.91 Å². The van der Waals surface area contributed by atoms with E-state index in [2.05, 4.69) is 15.2 Å². The fourth-order valence-electron chi connectivity index (χ4n) is 3.32. The third-order valence-electron chi connectivity index (χ3n) is 4.63. The van der Waals surface area contributed by atoms with Gasteiger partial charge in [-0.3, -0.25) is 9.89 Å². The molecule has 2 aromatic heterocycles. The van der Waals surface area contributed by atoms with Crippen LogP contribution in [0.4, 0.5) is 0 Å². The highest BCUT2D eigenvalue weighted by Gasteiger charge is 2.27. The summed E-state index contributed by atoms with van der Waals surface area (Å²) in [4.78, 5) is 19.2. The highest BCUT2D eigenvalue weighted by molar-refractivity contribution is 5.94. The minimum Gasteiger partial charge on any atom is -0.464 e. The van der Waals surface area contributed by atoms with Gasteiger partial charge in [-0.1, -0.05) is 12.1 Å². The zero-order valence-electron chi connectivity index (χ0n) is 14.1. The van der Waals surface area contributed by atoms with Gasteiger partial charge in [-0.15, -0.1) is 0 Å². The minimum absolute atomic E-state index is 0.0583. The number of carbonyl (C=O) groups excluding carboxylic acids is 1. The third-order valence-corrected chi connectivity index (χ3v) is 4.63. The SMILES string of the molecule is Cc1nc([C@H]2CCCN(C(=O)c3ccc(-c4ccco4)cc3)C2)n[nH]1. The van der Waals surface area contributed by atoms with Crippen LogP contribution in [-0.2, 0) is 0 Å². The van der Waals surface area contributed by atoms with Gasteiger partial charge in [-0.25, -0.2) is 4.98 Å². The summed E-state index contributed by atoms with van der Waals surface area (Å²) in [5.41, 5.74) is 1.66. The lowest BCUT2D eigenvalue weighted by molar-refractivity contribution is 0.0704. The van der Waals surface area contributed by atoms with Crippen LogP contribution < -0.4 is 0 Å². The first-order chi connectivity index (χ1) is 12.2. The van der Waals surface area contributed by atoms with Crippen LogP contribution in [0.3, 0.4) is 0 Å². The van der Waals surface area contributed by atoms with Crippen molar-refractivity contribution < 1.29 is 9.21 Å². The Morgan fingerprint density at radius 2 is 2.12 bits per heavy atom. The number of nitrogens with zero attached hydrogens (tertiary/aromatic N) is 3. The number of amides is 1. The van der Waals surface area contributed by atoms with Gasteiger partial charge in [-0.05, 0) is 44.0 Å². The lowest BCUT2D eigenvalue weighted by Crippen LogP contribution is -2.39. The molecule has 1 fully saturated rings. The van der Waals surface area contributed by atoms with E-state index in [1.165, 1.54) is 0 Å². The van der Waals surface area contributed by atoms with Gasteiger partial charge in [0.2, 0.25) is 0 Å². The number of hydrogen-bond acceptors (Lipinski definition) is 4. The summed E-state index contributed by atoms with van der Waals surface area (Å²) in [6.07, 6.45) is 3.63. The first-order valence-corrected chi connectivity index (χ1v) is 8.53. The molecule has 1 aliphatic rings. The molecule has 4 rings (SSSR count). The molecule has 6 heteroatoms. The second-order valence-electron chi connectivity index (χ2n) is 6.42. The second kappa shape index (κ2) is 6.55. The molecular weight excluding hydrogens is 316 g/mol. The maximum atomic E-state index is 12.8. The van der Waals surface area contributed by atoms with Crippen molar-refractivity contribution in [2.24, 2.45) is 0 Å². The Bertz CT molecular complexity index is 852. The summed E-state index contributed by atoms with van der Waals surface area (Å²) in [5, 5.41) is 7.15. The van der Waals surface area contributed by atoms with Gasteiger partial charge in [0.05, 0.1) is 6.26 Å². The fourth-order valence-corrected chi connectivity index (χ4v) is 3.32. The van der Waals surface area contributed by atoms with E-state index in [9.17, 15) is 4.79 Å². The molecule has 0 aliphatic carbocycles. The van der Waals surface area contributed by atoms with E-state index in [0.717, 1.165) is 42.4 Å². The molecule has 0 bridgehead atoms. The monoisotopic (exact) mass is 336 g/mol. The molecule has 25 heavy (non-hydrogen) atoms. The molecule has 1 aliphatic heterocycles. The standard InChI is InChI=1S/C19H20N4O2/c1-13-20-18(22-21-13)16-4-2-10-23(12-16)19(24)15-8-6-14(7-9-15)17-5-3-11-25-17/h3,5-9,11,16H,2,4,10,12H2,1H3,(H,20,21,22)/t16-/m0/s1. The first-order valence-electron chi connectivity index (χ1n) is 8.53. The highest BCUT2D eigenvalue weighted by Crippen LogP contribution is 2.26. The van der Waals surface area contributed by atoms with E-state index < -0.39 is 0 Å². The van der Waals surface area contributed by atoms with Crippen molar-refractivity contribution in [1.29, 1.82) is 0 Å². The first kappa shape index (κ1) is 15.6. The van der Waals surface area contributed by atoms with Crippen molar-refractivity contribution in [3.05, 3.63) is 59.9 Å². The molecule has 1 atom stereocenters. The molecule has 0 saturated carbocycles. The molecule has 3 aromatic rings. The van der Waals surface area contributed by atoms with Crippen molar-refractivity contribution in [2.45, 2.75) is 25.7 Å². The van der Waals surface area contributed by atoms with Crippen LogP contribution in [0.25, 0.3) is 11.3 Å². The van der Waals surface area contributed by atoms with Crippen molar-refractivity contribution in [1.82, 2.24) is 20.1 Å². The quantitative estimate of drug-likeness (QED) is 0.795. The van der Waals surface area contributed by atoms with Crippen molar-refractivity contribution in [2.75, 3.05) is 13.1 Å². The van der Waals surface area contributed by atoms with Gasteiger partial charge in [0.15, 0.2) is 5.82 Å². The Hall–Kier alpha value is -2.89. The second-order valence-corrected chi connectivity index (χ2v) is 6.42. The van der Waals surface area contributed by atoms with Crippen LogP contribution in [-0.4, -0.2) is 39.1 Å². The van der Waals surface area contributed by atoms with Gasteiger partial charge >= 0.3 is 0 Å². The van der Waals surface area contributed by atoms with Gasteiger partial charge in [0.1, 0.15) is 11.6 Å². The molecule has 1 aromatic carbocycles. The summed E-state index contributed by atoms with van der Waals surface area (Å²) in [5.74, 6) is 2.68. The number of rotatable bonds is 3. The average molecular weight is 336 g/mol. The van der Waals surface area contributed by atoms with E-state index in [1.54, 1.807) is 6.26 Å². The Morgan fingerprint density at radius 3 is 2.80 bits per heavy atom. The average Bonchev–Trinajstić information content (AvgIpc) is 3.33. The Balaban J connectivity index is 1.48. The summed E-state index contributed by atoms with van der Waals surface area (Å²) in [7, 11) is 0. The number of aromatic amines is 1. The normalized spacial score (nSPS) is 17.6. The number of benzene rings is 1. The number of piperidine rings is 1. The van der Waals surface area contributed by atoms with E-state index in [4.69, 9.17) is 4.42 Å². The van der Waals surface area contributed by atoms with Crippen LogP contribution >= 0.6 is 0 Å². The Morgan fingerprint density at radius 1 is 1.28 bits per heavy atom. The lowest BCUT2D eigenvalue weighted by atomic mass is 9.96. The van der Waals surface area contributed by atoms with E-state index in [1.807, 2.05) is 48.2 Å². The van der Waals surface area contributed by atoms with E-state index in [-0.39, 0.29) is 11.8 Å².